The van der Waals surface area contributed by atoms with Gasteiger partial charge in [-0.05, 0) is 54.8 Å². The van der Waals surface area contributed by atoms with Crippen LogP contribution in [0.2, 0.25) is 5.02 Å². The third-order valence-corrected chi connectivity index (χ3v) is 6.64. The number of carbonyl (C=O) groups is 1. The first kappa shape index (κ1) is 19.7. The Labute approximate surface area is 164 Å². The number of nitrogens with zero attached hydrogens (tertiary/aromatic N) is 1. The van der Waals surface area contributed by atoms with Gasteiger partial charge in [-0.2, -0.15) is 4.31 Å². The maximum atomic E-state index is 13.3. The number of nitrogens with one attached hydrogen (secondary N) is 1. The van der Waals surface area contributed by atoms with E-state index in [-0.39, 0.29) is 17.3 Å². The van der Waals surface area contributed by atoms with E-state index in [1.807, 2.05) is 0 Å². The molecule has 1 amide bonds. The van der Waals surface area contributed by atoms with Crippen LogP contribution in [0.15, 0.2) is 53.4 Å². The molecule has 0 unspecified atom stereocenters. The van der Waals surface area contributed by atoms with Gasteiger partial charge in [0.2, 0.25) is 15.9 Å². The number of piperidine rings is 1. The Morgan fingerprint density at radius 1 is 1.15 bits per heavy atom. The zero-order valence-corrected chi connectivity index (χ0v) is 16.5. The van der Waals surface area contributed by atoms with Gasteiger partial charge >= 0.3 is 0 Å². The van der Waals surface area contributed by atoms with Crippen molar-refractivity contribution in [1.82, 2.24) is 9.62 Å². The highest BCUT2D eigenvalue weighted by molar-refractivity contribution is 7.89. The molecule has 27 heavy (non-hydrogen) atoms. The van der Waals surface area contributed by atoms with Crippen LogP contribution in [-0.4, -0.2) is 38.3 Å². The first-order valence-corrected chi connectivity index (χ1v) is 10.4. The van der Waals surface area contributed by atoms with Crippen LogP contribution < -0.4 is 10.1 Å². The van der Waals surface area contributed by atoms with E-state index in [0.717, 1.165) is 12.0 Å². The molecule has 144 valence electrons. The lowest BCUT2D eigenvalue weighted by molar-refractivity contribution is -0.126. The zero-order chi connectivity index (χ0) is 19.4. The molecule has 0 spiro atoms. The molecule has 1 atom stereocenters. The maximum absolute atomic E-state index is 13.3. The summed E-state index contributed by atoms with van der Waals surface area (Å²) in [5, 5.41) is 3.21. The van der Waals surface area contributed by atoms with Gasteiger partial charge in [-0.15, -0.1) is 0 Å². The van der Waals surface area contributed by atoms with Gasteiger partial charge in [-0.3, -0.25) is 4.79 Å². The monoisotopic (exact) mass is 408 g/mol. The first-order valence-electron chi connectivity index (χ1n) is 8.60. The van der Waals surface area contributed by atoms with Crippen LogP contribution in [0.4, 0.5) is 0 Å². The quantitative estimate of drug-likeness (QED) is 0.797. The fourth-order valence-electron chi connectivity index (χ4n) is 3.05. The number of hydrogen-bond acceptors (Lipinski definition) is 4. The average Bonchev–Trinajstić information content (AvgIpc) is 2.67. The van der Waals surface area contributed by atoms with Crippen LogP contribution >= 0.6 is 11.6 Å². The summed E-state index contributed by atoms with van der Waals surface area (Å²) in [4.78, 5) is 12.5. The number of ether oxygens (including phenoxy) is 1. The van der Waals surface area contributed by atoms with Crippen molar-refractivity contribution >= 4 is 27.5 Å². The normalized spacial score (nSPS) is 17.6. The number of halogens is 1. The van der Waals surface area contributed by atoms with E-state index >= 15 is 0 Å². The molecule has 6 nitrogen and oxygen atoms in total. The molecule has 0 aliphatic carbocycles. The molecule has 1 saturated heterocycles. The smallest absolute Gasteiger partial charge is 0.244 e. The Bertz CT molecular complexity index is 898. The van der Waals surface area contributed by atoms with E-state index in [1.54, 1.807) is 31.4 Å². The van der Waals surface area contributed by atoms with E-state index in [1.165, 1.54) is 28.6 Å². The van der Waals surface area contributed by atoms with Crippen LogP contribution in [0.5, 0.6) is 5.75 Å². The Hall–Kier alpha value is -2.09. The van der Waals surface area contributed by atoms with Crippen molar-refractivity contribution in [1.29, 1.82) is 0 Å². The first-order chi connectivity index (χ1) is 12.9. The minimum absolute atomic E-state index is 0.0903. The summed E-state index contributed by atoms with van der Waals surface area (Å²) in [6.45, 7) is 0.653. The number of amides is 1. The highest BCUT2D eigenvalue weighted by Gasteiger charge is 2.37. The molecule has 1 fully saturated rings. The second kappa shape index (κ2) is 8.29. The minimum Gasteiger partial charge on any atom is -0.497 e. The molecule has 0 radical (unpaired) electrons. The lowest BCUT2D eigenvalue weighted by Gasteiger charge is -2.32. The molecule has 1 aliphatic heterocycles. The number of methoxy groups -OCH3 is 1. The lowest BCUT2D eigenvalue weighted by atomic mass is 10.1. The molecule has 8 heteroatoms. The second-order valence-corrected chi connectivity index (χ2v) is 8.63. The van der Waals surface area contributed by atoms with Crippen LogP contribution in [0.3, 0.4) is 0 Å². The predicted octanol–water partition coefficient (Wildman–Crippen LogP) is 2.82. The molecular formula is C19H21ClN2O4S. The summed E-state index contributed by atoms with van der Waals surface area (Å²) in [5.74, 6) is 0.411. The van der Waals surface area contributed by atoms with Crippen molar-refractivity contribution in [3.05, 3.63) is 59.1 Å². The highest BCUT2D eigenvalue weighted by Crippen LogP contribution is 2.26. The fraction of sp³-hybridized carbons (Fsp3) is 0.316. The third kappa shape index (κ3) is 4.43. The van der Waals surface area contributed by atoms with Crippen molar-refractivity contribution in [2.45, 2.75) is 30.3 Å². The molecule has 2 aromatic rings. The van der Waals surface area contributed by atoms with Gasteiger partial charge < -0.3 is 10.1 Å². The summed E-state index contributed by atoms with van der Waals surface area (Å²) in [5.41, 5.74) is 0.770. The molecule has 0 aromatic heterocycles. The molecule has 1 N–H and O–H groups in total. The van der Waals surface area contributed by atoms with Crippen molar-refractivity contribution < 1.29 is 17.9 Å². The van der Waals surface area contributed by atoms with Crippen molar-refractivity contribution in [2.24, 2.45) is 0 Å². The van der Waals surface area contributed by atoms with Gasteiger partial charge in [0.15, 0.2) is 0 Å². The molecule has 0 bridgehead atoms. The summed E-state index contributed by atoms with van der Waals surface area (Å²) in [6, 6.07) is 12.3. The van der Waals surface area contributed by atoms with Gasteiger partial charge in [-0.1, -0.05) is 23.7 Å². The maximum Gasteiger partial charge on any atom is 0.244 e. The number of carbonyl (C=O) groups excluding carboxylic acids is 1. The summed E-state index contributed by atoms with van der Waals surface area (Å²) < 4.78 is 33.0. The third-order valence-electron chi connectivity index (χ3n) is 4.52. The van der Waals surface area contributed by atoms with Gasteiger partial charge in [0.1, 0.15) is 11.8 Å². The molecule has 0 saturated carbocycles. The SMILES string of the molecule is COc1ccc(CN([C@@H]2CCCNC2=O)S(=O)(=O)c2ccc(Cl)cc2)cc1. The van der Waals surface area contributed by atoms with Gasteiger partial charge in [0.05, 0.1) is 12.0 Å². The minimum atomic E-state index is -3.88. The van der Waals surface area contributed by atoms with E-state index in [2.05, 4.69) is 5.32 Å². The van der Waals surface area contributed by atoms with E-state index in [4.69, 9.17) is 16.3 Å². The van der Waals surface area contributed by atoms with Gasteiger partial charge in [0, 0.05) is 18.1 Å². The Morgan fingerprint density at radius 3 is 2.41 bits per heavy atom. The van der Waals surface area contributed by atoms with Crippen LogP contribution in [0.25, 0.3) is 0 Å². The molecule has 1 heterocycles. The van der Waals surface area contributed by atoms with Crippen LogP contribution in [-0.2, 0) is 21.4 Å². The van der Waals surface area contributed by atoms with E-state index < -0.39 is 16.1 Å². The number of sulfonamides is 1. The average molecular weight is 409 g/mol. The molecule has 2 aromatic carbocycles. The van der Waals surface area contributed by atoms with Crippen LogP contribution in [0, 0.1) is 0 Å². The standard InChI is InChI=1S/C19H21ClN2O4S/c1-26-16-8-4-14(5-9-16)13-22(18-3-2-12-21-19(18)23)27(24,25)17-10-6-15(20)7-11-17/h4-11,18H,2-3,12-13H2,1H3,(H,21,23)/t18-/m1/s1. The predicted molar refractivity (Wildman–Crippen MR) is 103 cm³/mol. The van der Waals surface area contributed by atoms with Gasteiger partial charge in [-0.25, -0.2) is 8.42 Å². The fourth-order valence-corrected chi connectivity index (χ4v) is 4.78. The topological polar surface area (TPSA) is 75.7 Å². The molecule has 3 rings (SSSR count). The lowest BCUT2D eigenvalue weighted by Crippen LogP contribution is -2.52. The number of rotatable bonds is 6. The number of hydrogen-bond donors (Lipinski definition) is 1. The highest BCUT2D eigenvalue weighted by atomic mass is 35.5. The van der Waals surface area contributed by atoms with Gasteiger partial charge in [0.25, 0.3) is 0 Å². The summed E-state index contributed by atoms with van der Waals surface area (Å²) in [7, 11) is -2.31. The van der Waals surface area contributed by atoms with Crippen molar-refractivity contribution in [2.75, 3.05) is 13.7 Å². The Kier molecular flexibility index (Phi) is 6.04. The van der Waals surface area contributed by atoms with E-state index in [9.17, 15) is 13.2 Å². The van der Waals surface area contributed by atoms with Crippen LogP contribution in [0.1, 0.15) is 18.4 Å². The van der Waals surface area contributed by atoms with Crippen molar-refractivity contribution in [3.8, 4) is 5.75 Å². The molecule has 1 aliphatic rings. The Morgan fingerprint density at radius 2 is 1.81 bits per heavy atom. The Balaban J connectivity index is 1.97. The van der Waals surface area contributed by atoms with E-state index in [0.29, 0.717) is 23.7 Å². The largest absolute Gasteiger partial charge is 0.497 e. The number of benzene rings is 2. The molecular weight excluding hydrogens is 388 g/mol. The zero-order valence-electron chi connectivity index (χ0n) is 14.9. The summed E-state index contributed by atoms with van der Waals surface area (Å²) >= 11 is 5.89. The van der Waals surface area contributed by atoms with Crippen molar-refractivity contribution in [3.63, 3.8) is 0 Å². The second-order valence-electron chi connectivity index (χ2n) is 6.30. The summed E-state index contributed by atoms with van der Waals surface area (Å²) in [6.07, 6.45) is 1.21.